The van der Waals surface area contributed by atoms with Gasteiger partial charge in [0.1, 0.15) is 0 Å². The third-order valence-corrected chi connectivity index (χ3v) is 2.12. The molecule has 0 unspecified atom stereocenters. The van der Waals surface area contributed by atoms with Gasteiger partial charge in [0.15, 0.2) is 0 Å². The van der Waals surface area contributed by atoms with Crippen LogP contribution in [0.4, 0.5) is 33.3 Å². The topological polar surface area (TPSA) is 59.2 Å². The van der Waals surface area contributed by atoms with E-state index in [0.29, 0.717) is 0 Å². The summed E-state index contributed by atoms with van der Waals surface area (Å²) in [6, 6.07) is 1.06. The van der Waals surface area contributed by atoms with Gasteiger partial charge in [-0.25, -0.2) is 0 Å². The van der Waals surface area contributed by atoms with Gasteiger partial charge < -0.3 is 10.6 Å². The first-order valence-corrected chi connectivity index (χ1v) is 4.51. The highest BCUT2D eigenvalue weighted by molar-refractivity contribution is 6.00. The molecule has 18 heavy (non-hydrogen) atoms. The number of pyridine rings is 1. The van der Waals surface area contributed by atoms with E-state index in [1.165, 1.54) is 0 Å². The maximum absolute atomic E-state index is 12.8. The van der Waals surface area contributed by atoms with Crippen LogP contribution in [0.25, 0.3) is 0 Å². The molecule has 0 bridgehead atoms. The smallest absolute Gasteiger partial charge is 0.396 e. The molecule has 0 fully saturated rings. The molecule has 0 aliphatic carbocycles. The number of aromatic nitrogens is 1. The SMILES string of the molecule is CN(C(=O)C(F)(F)C(F)(F)F)c1ccncc1N. The van der Waals surface area contributed by atoms with Gasteiger partial charge in [0.25, 0.3) is 0 Å². The highest BCUT2D eigenvalue weighted by atomic mass is 19.4. The molecule has 100 valence electrons. The van der Waals surface area contributed by atoms with Crippen LogP contribution in [0, 0.1) is 0 Å². The maximum atomic E-state index is 12.8. The summed E-state index contributed by atoms with van der Waals surface area (Å²) in [6.45, 7) is 0. The molecule has 0 spiro atoms. The Labute approximate surface area is 98.2 Å². The number of nitrogens with two attached hydrogens (primary N) is 1. The summed E-state index contributed by atoms with van der Waals surface area (Å²) in [7, 11) is 0.772. The lowest BCUT2D eigenvalue weighted by Gasteiger charge is -2.25. The molecule has 9 heteroatoms. The predicted molar refractivity (Wildman–Crippen MR) is 53.1 cm³/mol. The number of halogens is 5. The van der Waals surface area contributed by atoms with Crippen molar-refractivity contribution in [2.45, 2.75) is 12.1 Å². The number of hydrogen-bond donors (Lipinski definition) is 1. The van der Waals surface area contributed by atoms with Crippen molar-refractivity contribution in [2.75, 3.05) is 17.7 Å². The molecule has 1 aromatic heterocycles. The number of carbonyl (C=O) groups is 1. The van der Waals surface area contributed by atoms with Crippen molar-refractivity contribution in [1.82, 2.24) is 4.98 Å². The van der Waals surface area contributed by atoms with Crippen LogP contribution in [0.1, 0.15) is 0 Å². The van der Waals surface area contributed by atoms with Crippen molar-refractivity contribution >= 4 is 17.3 Å². The zero-order valence-electron chi connectivity index (χ0n) is 9.00. The minimum absolute atomic E-state index is 0.143. The molecule has 0 radical (unpaired) electrons. The number of amides is 1. The lowest BCUT2D eigenvalue weighted by molar-refractivity contribution is -0.268. The van der Waals surface area contributed by atoms with Gasteiger partial charge in [-0.2, -0.15) is 22.0 Å². The largest absolute Gasteiger partial charge is 0.463 e. The molecule has 1 rings (SSSR count). The summed E-state index contributed by atoms with van der Waals surface area (Å²) in [5.74, 6) is -7.88. The quantitative estimate of drug-likeness (QED) is 0.833. The average Bonchev–Trinajstić information content (AvgIpc) is 2.26. The van der Waals surface area contributed by atoms with Crippen molar-refractivity contribution in [3.05, 3.63) is 18.5 Å². The van der Waals surface area contributed by atoms with E-state index in [1.54, 1.807) is 0 Å². The van der Waals surface area contributed by atoms with Gasteiger partial charge in [0, 0.05) is 13.2 Å². The minimum Gasteiger partial charge on any atom is -0.396 e. The van der Waals surface area contributed by atoms with E-state index in [0.717, 1.165) is 25.5 Å². The highest BCUT2D eigenvalue weighted by Gasteiger charge is 2.64. The standard InChI is InChI=1S/C9H8F5N3O/c1-17(6-2-3-16-4-5(6)15)7(18)8(10,11)9(12,13)14/h2-4H,15H2,1H3. The van der Waals surface area contributed by atoms with Crippen LogP contribution in [-0.2, 0) is 4.79 Å². The van der Waals surface area contributed by atoms with Crippen LogP contribution >= 0.6 is 0 Å². The number of carbonyl (C=O) groups excluding carboxylic acids is 1. The molecule has 2 N–H and O–H groups in total. The first-order chi connectivity index (χ1) is 8.09. The summed E-state index contributed by atoms with van der Waals surface area (Å²) in [5, 5.41) is 0. The van der Waals surface area contributed by atoms with Crippen LogP contribution < -0.4 is 10.6 Å². The fourth-order valence-corrected chi connectivity index (χ4v) is 1.15. The third-order valence-electron chi connectivity index (χ3n) is 2.12. The predicted octanol–water partition coefficient (Wildman–Crippen LogP) is 1.82. The van der Waals surface area contributed by atoms with Crippen molar-refractivity contribution in [3.63, 3.8) is 0 Å². The van der Waals surface area contributed by atoms with Crippen molar-refractivity contribution in [2.24, 2.45) is 0 Å². The third kappa shape index (κ3) is 2.34. The van der Waals surface area contributed by atoms with E-state index in [2.05, 4.69) is 4.98 Å². The Hall–Kier alpha value is -1.93. The van der Waals surface area contributed by atoms with Gasteiger partial charge in [-0.1, -0.05) is 0 Å². The Morgan fingerprint density at radius 1 is 1.33 bits per heavy atom. The van der Waals surface area contributed by atoms with Gasteiger partial charge >= 0.3 is 18.0 Å². The average molecular weight is 269 g/mol. The molecule has 0 saturated heterocycles. The second-order valence-corrected chi connectivity index (χ2v) is 3.37. The molecule has 4 nitrogen and oxygen atoms in total. The monoisotopic (exact) mass is 269 g/mol. The van der Waals surface area contributed by atoms with Crippen molar-refractivity contribution in [3.8, 4) is 0 Å². The van der Waals surface area contributed by atoms with Gasteiger partial charge in [0.2, 0.25) is 0 Å². The fraction of sp³-hybridized carbons (Fsp3) is 0.333. The van der Waals surface area contributed by atoms with Gasteiger partial charge in [0.05, 0.1) is 17.6 Å². The second kappa shape index (κ2) is 4.39. The lowest BCUT2D eigenvalue weighted by atomic mass is 10.2. The summed E-state index contributed by atoms with van der Waals surface area (Å²) < 4.78 is 61.7. The van der Waals surface area contributed by atoms with E-state index in [4.69, 9.17) is 5.73 Å². The Bertz CT molecular complexity index is 460. The minimum atomic E-state index is -5.96. The highest BCUT2D eigenvalue weighted by Crippen LogP contribution is 2.38. The molecular weight excluding hydrogens is 261 g/mol. The lowest BCUT2D eigenvalue weighted by Crippen LogP contribution is -2.51. The van der Waals surface area contributed by atoms with Crippen LogP contribution in [0.3, 0.4) is 0 Å². The molecule has 1 heterocycles. The molecule has 0 aliphatic heterocycles. The van der Waals surface area contributed by atoms with Crippen LogP contribution in [-0.4, -0.2) is 30.0 Å². The number of rotatable bonds is 2. The normalized spacial score (nSPS) is 12.3. The van der Waals surface area contributed by atoms with E-state index >= 15 is 0 Å². The van der Waals surface area contributed by atoms with Crippen molar-refractivity contribution in [1.29, 1.82) is 0 Å². The molecule has 1 aromatic rings. The number of alkyl halides is 5. The van der Waals surface area contributed by atoms with Crippen LogP contribution in [0.2, 0.25) is 0 Å². The molecule has 0 aromatic carbocycles. The van der Waals surface area contributed by atoms with E-state index in [1.807, 2.05) is 0 Å². The Morgan fingerprint density at radius 3 is 2.33 bits per heavy atom. The number of hydrogen-bond acceptors (Lipinski definition) is 3. The summed E-state index contributed by atoms with van der Waals surface area (Å²) in [4.78, 5) is 14.8. The molecule has 0 aliphatic rings. The molecule has 0 saturated carbocycles. The first kappa shape index (κ1) is 14.1. The van der Waals surface area contributed by atoms with Crippen molar-refractivity contribution < 1.29 is 26.7 Å². The number of nitrogen functional groups attached to an aromatic ring is 1. The molecular formula is C9H8F5N3O. The summed E-state index contributed by atoms with van der Waals surface area (Å²) in [5.41, 5.74) is 4.86. The summed E-state index contributed by atoms with van der Waals surface area (Å²) in [6.07, 6.45) is -3.81. The Morgan fingerprint density at radius 2 is 1.89 bits per heavy atom. The molecule has 0 atom stereocenters. The van der Waals surface area contributed by atoms with E-state index in [9.17, 15) is 26.7 Å². The van der Waals surface area contributed by atoms with Crippen LogP contribution in [0.15, 0.2) is 18.5 Å². The summed E-state index contributed by atoms with van der Waals surface area (Å²) >= 11 is 0. The fourth-order valence-electron chi connectivity index (χ4n) is 1.15. The molecule has 1 amide bonds. The van der Waals surface area contributed by atoms with Gasteiger partial charge in [-0.3, -0.25) is 9.78 Å². The number of anilines is 2. The Balaban J connectivity index is 3.10. The second-order valence-electron chi connectivity index (χ2n) is 3.37. The zero-order chi connectivity index (χ0) is 14.1. The first-order valence-electron chi connectivity index (χ1n) is 4.51. The van der Waals surface area contributed by atoms with E-state index in [-0.39, 0.29) is 16.3 Å². The number of nitrogens with zero attached hydrogens (tertiary/aromatic N) is 2. The zero-order valence-corrected chi connectivity index (χ0v) is 9.00. The van der Waals surface area contributed by atoms with E-state index < -0.39 is 18.0 Å². The van der Waals surface area contributed by atoms with Crippen LogP contribution in [0.5, 0.6) is 0 Å². The maximum Gasteiger partial charge on any atom is 0.463 e. The van der Waals surface area contributed by atoms with Gasteiger partial charge in [-0.05, 0) is 6.07 Å². The Kier molecular flexibility index (Phi) is 3.45. The van der Waals surface area contributed by atoms with Gasteiger partial charge in [-0.15, -0.1) is 0 Å².